The quantitative estimate of drug-likeness (QED) is 0.0205. The van der Waals surface area contributed by atoms with Crippen molar-refractivity contribution in [2.45, 2.75) is 251 Å². The van der Waals surface area contributed by atoms with Crippen LogP contribution in [0.25, 0.3) is 0 Å². The number of ether oxygens (including phenoxy) is 1. The molecule has 0 saturated carbocycles. The van der Waals surface area contributed by atoms with Crippen LogP contribution in [0.15, 0.2) is 60.8 Å². The summed E-state index contributed by atoms with van der Waals surface area (Å²) in [4.78, 5) is 37.4. The Morgan fingerprint density at radius 2 is 0.925 bits per heavy atom. The van der Waals surface area contributed by atoms with E-state index < -0.39 is 20.0 Å². The number of esters is 1. The number of hydrogen-bond donors (Lipinski definition) is 2. The largest absolute Gasteiger partial charge is 0.472 e. The smallest absolute Gasteiger partial charge is 0.456 e. The zero-order chi connectivity index (χ0) is 49.4. The molecule has 0 aliphatic heterocycles. The lowest BCUT2D eigenvalue weighted by atomic mass is 10.1. The van der Waals surface area contributed by atoms with Gasteiger partial charge in [0.2, 0.25) is 5.91 Å². The van der Waals surface area contributed by atoms with E-state index in [4.69, 9.17) is 13.8 Å². The van der Waals surface area contributed by atoms with Crippen molar-refractivity contribution in [1.29, 1.82) is 0 Å². The minimum atomic E-state index is -4.44. The summed E-state index contributed by atoms with van der Waals surface area (Å²) < 4.78 is 30.5. The summed E-state index contributed by atoms with van der Waals surface area (Å²) in [5.74, 6) is -0.533. The van der Waals surface area contributed by atoms with Crippen molar-refractivity contribution in [2.24, 2.45) is 0 Å². The lowest BCUT2D eigenvalue weighted by Crippen LogP contribution is -2.47. The molecule has 67 heavy (non-hydrogen) atoms. The maximum Gasteiger partial charge on any atom is 0.472 e. The van der Waals surface area contributed by atoms with Crippen LogP contribution in [-0.2, 0) is 27.9 Å². The molecule has 0 aliphatic carbocycles. The number of likely N-dealkylation sites (N-methyl/N-ethyl adjacent to an activating group) is 1. The van der Waals surface area contributed by atoms with Crippen LogP contribution in [-0.4, -0.2) is 74.3 Å². The molecule has 2 N–H and O–H groups in total. The number of amides is 1. The van der Waals surface area contributed by atoms with Gasteiger partial charge in [-0.3, -0.25) is 18.6 Å². The number of quaternary nitrogens is 1. The van der Waals surface area contributed by atoms with Crippen molar-refractivity contribution in [3.05, 3.63) is 60.8 Å². The predicted molar refractivity (Wildman–Crippen MR) is 286 cm³/mol. The topological polar surface area (TPSA) is 111 Å². The van der Waals surface area contributed by atoms with Crippen LogP contribution in [0.4, 0.5) is 0 Å². The third kappa shape index (κ3) is 48.5. The molecule has 390 valence electrons. The van der Waals surface area contributed by atoms with Crippen LogP contribution >= 0.6 is 7.82 Å². The molecule has 0 aliphatic rings. The van der Waals surface area contributed by atoms with Gasteiger partial charge in [-0.2, -0.15) is 0 Å². The minimum absolute atomic E-state index is 0.0346. The van der Waals surface area contributed by atoms with Gasteiger partial charge >= 0.3 is 13.8 Å². The first-order valence-corrected chi connectivity index (χ1v) is 29.1. The predicted octanol–water partition coefficient (Wildman–Crippen LogP) is 16.3. The summed E-state index contributed by atoms with van der Waals surface area (Å²) in [6.45, 7) is 6.91. The average Bonchev–Trinajstić information content (AvgIpc) is 3.28. The Kier molecular flexibility index (Phi) is 45.8. The minimum Gasteiger partial charge on any atom is -0.456 e. The fraction of sp³-hybridized carbons (Fsp3) is 0.789. The van der Waals surface area contributed by atoms with Crippen LogP contribution in [0.2, 0.25) is 0 Å². The van der Waals surface area contributed by atoms with Gasteiger partial charge in [0.1, 0.15) is 19.3 Å². The average molecular weight is 962 g/mol. The van der Waals surface area contributed by atoms with E-state index in [2.05, 4.69) is 74.7 Å². The molecule has 0 radical (unpaired) electrons. The Balaban J connectivity index is 5.33. The number of unbranched alkanes of at least 4 members (excludes halogenated alkanes) is 25. The molecule has 0 heterocycles. The summed E-state index contributed by atoms with van der Waals surface area (Å²) in [6, 6.07) is -0.857. The highest BCUT2D eigenvalue weighted by atomic mass is 31.2. The van der Waals surface area contributed by atoms with Crippen LogP contribution in [0.3, 0.4) is 0 Å². The second-order valence-electron chi connectivity index (χ2n) is 19.7. The molecule has 0 aromatic rings. The SMILES string of the molecule is CCCC/C=C\CCCCCCCC(=O)OC(/C=C\CCCCCCCCCCC)C(COP(=O)(O)OCC[N+](C)(C)C)NC(=O)CCCCCCCC/C=C\C/C=C\C/C=C\CCCCC. The highest BCUT2D eigenvalue weighted by Crippen LogP contribution is 2.43. The van der Waals surface area contributed by atoms with Gasteiger partial charge in [0.25, 0.3) is 0 Å². The highest BCUT2D eigenvalue weighted by molar-refractivity contribution is 7.47. The van der Waals surface area contributed by atoms with Crippen LogP contribution in [0, 0.1) is 0 Å². The Bertz CT molecular complexity index is 1340. The van der Waals surface area contributed by atoms with Gasteiger partial charge in [0, 0.05) is 12.8 Å². The third-order valence-corrected chi connectivity index (χ3v) is 12.9. The summed E-state index contributed by atoms with van der Waals surface area (Å²) in [5.41, 5.74) is 0. The van der Waals surface area contributed by atoms with E-state index in [1.54, 1.807) is 0 Å². The fourth-order valence-corrected chi connectivity index (χ4v) is 8.31. The van der Waals surface area contributed by atoms with Crippen molar-refractivity contribution in [3.63, 3.8) is 0 Å². The number of nitrogens with one attached hydrogen (secondary N) is 1. The lowest BCUT2D eigenvalue weighted by Gasteiger charge is -2.27. The van der Waals surface area contributed by atoms with Gasteiger partial charge in [0.15, 0.2) is 0 Å². The van der Waals surface area contributed by atoms with Crippen molar-refractivity contribution in [3.8, 4) is 0 Å². The van der Waals surface area contributed by atoms with Gasteiger partial charge < -0.3 is 19.4 Å². The Morgan fingerprint density at radius 1 is 0.522 bits per heavy atom. The summed E-state index contributed by atoms with van der Waals surface area (Å²) in [6.07, 6.45) is 57.8. The fourth-order valence-electron chi connectivity index (χ4n) is 7.57. The molecular weight excluding hydrogens is 856 g/mol. The second-order valence-corrected chi connectivity index (χ2v) is 21.2. The van der Waals surface area contributed by atoms with E-state index >= 15 is 0 Å². The van der Waals surface area contributed by atoms with E-state index in [1.165, 1.54) is 96.3 Å². The van der Waals surface area contributed by atoms with Crippen molar-refractivity contribution in [1.82, 2.24) is 5.32 Å². The number of nitrogens with zero attached hydrogens (tertiary/aromatic N) is 1. The molecule has 0 spiro atoms. The van der Waals surface area contributed by atoms with Crippen LogP contribution in [0.5, 0.6) is 0 Å². The summed E-state index contributed by atoms with van der Waals surface area (Å²) >= 11 is 0. The van der Waals surface area contributed by atoms with Crippen LogP contribution in [0.1, 0.15) is 239 Å². The number of carbonyl (C=O) groups is 2. The zero-order valence-electron chi connectivity index (χ0n) is 44.4. The first-order chi connectivity index (χ1) is 32.4. The summed E-state index contributed by atoms with van der Waals surface area (Å²) in [7, 11) is 1.48. The molecule has 9 nitrogen and oxygen atoms in total. The maximum absolute atomic E-state index is 13.5. The molecule has 0 aromatic carbocycles. The molecular formula is C57H106N2O7P+. The van der Waals surface area contributed by atoms with E-state index in [-0.39, 0.29) is 31.5 Å². The number of allylic oxidation sites excluding steroid dienone is 9. The molecule has 0 bridgehead atoms. The lowest BCUT2D eigenvalue weighted by molar-refractivity contribution is -0.870. The first kappa shape index (κ1) is 64.7. The monoisotopic (exact) mass is 962 g/mol. The Hall–Kier alpha value is -2.29. The second kappa shape index (κ2) is 47.4. The van der Waals surface area contributed by atoms with Crippen molar-refractivity contribution in [2.75, 3.05) is 40.9 Å². The normalized spacial score (nSPS) is 14.3. The van der Waals surface area contributed by atoms with Crippen molar-refractivity contribution < 1.29 is 37.3 Å². The highest BCUT2D eigenvalue weighted by Gasteiger charge is 2.30. The van der Waals surface area contributed by atoms with E-state index in [0.717, 1.165) is 109 Å². The van der Waals surface area contributed by atoms with E-state index in [1.807, 2.05) is 33.3 Å². The van der Waals surface area contributed by atoms with Gasteiger partial charge in [-0.15, -0.1) is 0 Å². The number of carbonyl (C=O) groups excluding carboxylic acids is 2. The molecule has 1 amide bonds. The van der Waals surface area contributed by atoms with Gasteiger partial charge in [-0.05, 0) is 89.5 Å². The number of rotatable bonds is 49. The summed E-state index contributed by atoms with van der Waals surface area (Å²) in [5, 5.41) is 3.03. The Labute approximate surface area is 413 Å². The molecule has 3 unspecified atom stereocenters. The standard InChI is InChI=1S/C57H105N2O7P/c1-7-10-13-16-19-22-25-26-27-28-29-30-31-32-35-37-40-43-46-49-56(60)58-54(53-65-67(62,63)64-52-51-59(4,5)6)55(48-45-42-39-36-33-23-20-17-14-11-8-2)66-57(61)50-47-44-41-38-34-24-21-18-15-12-9-3/h18-19,21-22,26-27,29-30,45,48,54-55H,7-17,20,23-25,28,31-44,46-47,49-53H2,1-6H3,(H-,58,60,62,63)/p+1/b21-18-,22-19-,27-26-,30-29-,48-45-. The zero-order valence-corrected chi connectivity index (χ0v) is 45.3. The molecule has 0 rings (SSSR count). The van der Waals surface area contributed by atoms with Gasteiger partial charge in [0.05, 0.1) is 33.8 Å². The van der Waals surface area contributed by atoms with Crippen molar-refractivity contribution >= 4 is 19.7 Å². The maximum atomic E-state index is 13.5. The molecule has 3 atom stereocenters. The molecule has 0 aromatic heterocycles. The van der Waals surface area contributed by atoms with Gasteiger partial charge in [-0.25, -0.2) is 4.57 Å². The molecule has 0 fully saturated rings. The molecule has 10 heteroatoms. The first-order valence-electron chi connectivity index (χ1n) is 27.6. The third-order valence-electron chi connectivity index (χ3n) is 11.9. The number of phosphoric ester groups is 1. The number of hydrogen-bond acceptors (Lipinski definition) is 6. The van der Waals surface area contributed by atoms with E-state index in [9.17, 15) is 19.0 Å². The van der Waals surface area contributed by atoms with Gasteiger partial charge in [-0.1, -0.05) is 197 Å². The van der Waals surface area contributed by atoms with Crippen LogP contribution < -0.4 is 5.32 Å². The number of phosphoric acid groups is 1. The van der Waals surface area contributed by atoms with E-state index in [0.29, 0.717) is 17.4 Å². The molecule has 0 saturated heterocycles. The Morgan fingerprint density at radius 3 is 1.45 bits per heavy atom.